The molecular weight excluding hydrogens is 366 g/mol. The van der Waals surface area contributed by atoms with Crippen LogP contribution < -0.4 is 15.6 Å². The number of nitrogens with one attached hydrogen (secondary N) is 3. The molecule has 144 valence electrons. The molecule has 0 atom stereocenters. The van der Waals surface area contributed by atoms with Gasteiger partial charge in [0, 0.05) is 17.2 Å². The first-order chi connectivity index (χ1) is 12.6. The van der Waals surface area contributed by atoms with Crippen molar-refractivity contribution in [2.45, 2.75) is 32.6 Å². The van der Waals surface area contributed by atoms with E-state index >= 15 is 0 Å². The number of hydrogen-bond acceptors (Lipinski definition) is 4. The third-order valence-electron chi connectivity index (χ3n) is 3.89. The molecule has 7 nitrogen and oxygen atoms in total. The van der Waals surface area contributed by atoms with Crippen molar-refractivity contribution in [3.63, 3.8) is 0 Å². The Hall–Kier alpha value is -2.87. The normalized spacial score (nSPS) is 11.1. The van der Waals surface area contributed by atoms with Gasteiger partial charge in [-0.3, -0.25) is 25.2 Å². The first kappa shape index (κ1) is 20.4. The van der Waals surface area contributed by atoms with Crippen molar-refractivity contribution >= 4 is 27.5 Å². The molecule has 8 heteroatoms. The van der Waals surface area contributed by atoms with E-state index in [-0.39, 0.29) is 22.3 Å². The van der Waals surface area contributed by atoms with Crippen LogP contribution in [0.25, 0.3) is 0 Å². The average Bonchev–Trinajstić information content (AvgIpc) is 2.61. The Morgan fingerprint density at radius 1 is 0.926 bits per heavy atom. The number of hydrogen-bond donors (Lipinski definition) is 3. The summed E-state index contributed by atoms with van der Waals surface area (Å²) in [5.74, 6) is -1.23. The summed E-state index contributed by atoms with van der Waals surface area (Å²) in [5.41, 5.74) is 6.79. The Labute approximate surface area is 159 Å². The van der Waals surface area contributed by atoms with E-state index < -0.39 is 15.9 Å². The lowest BCUT2D eigenvalue weighted by Crippen LogP contribution is -2.43. The number of rotatable bonds is 5. The van der Waals surface area contributed by atoms with Crippen molar-refractivity contribution in [1.82, 2.24) is 10.9 Å². The van der Waals surface area contributed by atoms with Gasteiger partial charge in [0.15, 0.2) is 0 Å². The van der Waals surface area contributed by atoms with Crippen molar-refractivity contribution < 1.29 is 18.0 Å². The molecule has 0 spiro atoms. The summed E-state index contributed by atoms with van der Waals surface area (Å²) in [7, 11) is -3.86. The monoisotopic (exact) mass is 389 g/mol. The lowest BCUT2D eigenvalue weighted by atomic mass is 10.1. The van der Waals surface area contributed by atoms with Crippen LogP contribution in [0.2, 0.25) is 0 Å². The van der Waals surface area contributed by atoms with Gasteiger partial charge >= 0.3 is 0 Å². The standard InChI is InChI=1S/C19H23N3O4S/c1-12(2)18(23)20-21-19(24)17-11-16(10-7-14(17)4)27(25,26)22-15-8-5-13(3)6-9-15/h5-12,22H,1-4H3,(H,20,23)(H,21,24). The summed E-state index contributed by atoms with van der Waals surface area (Å²) in [4.78, 5) is 23.9. The van der Waals surface area contributed by atoms with Crippen LogP contribution >= 0.6 is 0 Å². The maximum Gasteiger partial charge on any atom is 0.269 e. The zero-order valence-electron chi connectivity index (χ0n) is 15.7. The molecule has 0 aliphatic rings. The van der Waals surface area contributed by atoms with Crippen LogP contribution in [-0.2, 0) is 14.8 Å². The van der Waals surface area contributed by atoms with Crippen molar-refractivity contribution in [3.8, 4) is 0 Å². The number of amides is 2. The Morgan fingerprint density at radius 2 is 1.56 bits per heavy atom. The van der Waals surface area contributed by atoms with Gasteiger partial charge in [0.05, 0.1) is 4.90 Å². The maximum absolute atomic E-state index is 12.6. The fraction of sp³-hybridized carbons (Fsp3) is 0.263. The fourth-order valence-corrected chi connectivity index (χ4v) is 3.26. The number of aryl methyl sites for hydroxylation is 2. The van der Waals surface area contributed by atoms with Gasteiger partial charge in [-0.1, -0.05) is 37.6 Å². The zero-order valence-corrected chi connectivity index (χ0v) is 16.5. The smallest absolute Gasteiger partial charge is 0.269 e. The van der Waals surface area contributed by atoms with E-state index in [2.05, 4.69) is 15.6 Å². The summed E-state index contributed by atoms with van der Waals surface area (Å²) in [6.07, 6.45) is 0. The van der Waals surface area contributed by atoms with Gasteiger partial charge in [-0.2, -0.15) is 0 Å². The third-order valence-corrected chi connectivity index (χ3v) is 5.27. The van der Waals surface area contributed by atoms with Crippen molar-refractivity contribution in [1.29, 1.82) is 0 Å². The lowest BCUT2D eigenvalue weighted by molar-refractivity contribution is -0.124. The Morgan fingerprint density at radius 3 is 2.15 bits per heavy atom. The van der Waals surface area contributed by atoms with Crippen LogP contribution in [-0.4, -0.2) is 20.2 Å². The van der Waals surface area contributed by atoms with Crippen LogP contribution in [0.4, 0.5) is 5.69 Å². The van der Waals surface area contributed by atoms with Crippen LogP contribution in [0.15, 0.2) is 47.4 Å². The van der Waals surface area contributed by atoms with Crippen molar-refractivity contribution in [2.75, 3.05) is 4.72 Å². The van der Waals surface area contributed by atoms with Gasteiger partial charge in [0.25, 0.3) is 15.9 Å². The molecule has 0 radical (unpaired) electrons. The van der Waals surface area contributed by atoms with E-state index in [0.717, 1.165) is 5.56 Å². The van der Waals surface area contributed by atoms with E-state index in [0.29, 0.717) is 11.3 Å². The number of carbonyl (C=O) groups excluding carboxylic acids is 2. The molecule has 0 unspecified atom stereocenters. The predicted molar refractivity (Wildman–Crippen MR) is 104 cm³/mol. The molecule has 0 heterocycles. The summed E-state index contributed by atoms with van der Waals surface area (Å²) in [6.45, 7) is 6.97. The second-order valence-electron chi connectivity index (χ2n) is 6.55. The van der Waals surface area contributed by atoms with Gasteiger partial charge in [0.1, 0.15) is 0 Å². The molecule has 3 N–H and O–H groups in total. The Bertz CT molecular complexity index is 951. The summed E-state index contributed by atoms with van der Waals surface area (Å²) in [5, 5.41) is 0. The second kappa shape index (κ2) is 8.22. The number of benzene rings is 2. The first-order valence-corrected chi connectivity index (χ1v) is 9.89. The molecular formula is C19H23N3O4S. The predicted octanol–water partition coefficient (Wildman–Crippen LogP) is 2.52. The highest BCUT2D eigenvalue weighted by atomic mass is 32.2. The van der Waals surface area contributed by atoms with Crippen LogP contribution in [0, 0.1) is 19.8 Å². The van der Waals surface area contributed by atoms with E-state index in [1.165, 1.54) is 12.1 Å². The summed E-state index contributed by atoms with van der Waals surface area (Å²) >= 11 is 0. The molecule has 2 aromatic carbocycles. The molecule has 0 saturated carbocycles. The Balaban J connectivity index is 2.23. The quantitative estimate of drug-likeness (QED) is 0.684. The lowest BCUT2D eigenvalue weighted by Gasteiger charge is -2.13. The van der Waals surface area contributed by atoms with Gasteiger partial charge in [0.2, 0.25) is 5.91 Å². The topological polar surface area (TPSA) is 104 Å². The SMILES string of the molecule is Cc1ccc(NS(=O)(=O)c2ccc(C)c(C(=O)NNC(=O)C(C)C)c2)cc1. The van der Waals surface area contributed by atoms with Crippen molar-refractivity contribution in [2.24, 2.45) is 5.92 Å². The molecule has 2 rings (SSSR count). The van der Waals surface area contributed by atoms with E-state index in [9.17, 15) is 18.0 Å². The number of sulfonamides is 1. The highest BCUT2D eigenvalue weighted by molar-refractivity contribution is 7.92. The molecule has 2 amide bonds. The average molecular weight is 389 g/mol. The minimum Gasteiger partial charge on any atom is -0.280 e. The highest BCUT2D eigenvalue weighted by Crippen LogP contribution is 2.19. The molecule has 0 aliphatic carbocycles. The van der Waals surface area contributed by atoms with Gasteiger partial charge < -0.3 is 0 Å². The summed E-state index contributed by atoms with van der Waals surface area (Å²) < 4.78 is 27.7. The Kier molecular flexibility index (Phi) is 6.22. The molecule has 0 fully saturated rings. The summed E-state index contributed by atoms with van der Waals surface area (Å²) in [6, 6.07) is 11.2. The molecule has 0 bridgehead atoms. The molecule has 0 saturated heterocycles. The van der Waals surface area contributed by atoms with E-state index in [1.807, 2.05) is 6.92 Å². The third kappa shape index (κ3) is 5.30. The molecule has 0 aliphatic heterocycles. The van der Waals surface area contributed by atoms with Gasteiger partial charge in [-0.05, 0) is 43.7 Å². The van der Waals surface area contributed by atoms with E-state index in [1.54, 1.807) is 51.1 Å². The molecule has 0 aromatic heterocycles. The van der Waals surface area contributed by atoms with Crippen LogP contribution in [0.3, 0.4) is 0 Å². The zero-order chi connectivity index (χ0) is 20.2. The number of anilines is 1. The largest absolute Gasteiger partial charge is 0.280 e. The van der Waals surface area contributed by atoms with Crippen LogP contribution in [0.1, 0.15) is 35.3 Å². The minimum absolute atomic E-state index is 0.0472. The van der Waals surface area contributed by atoms with Gasteiger partial charge in [-0.25, -0.2) is 8.42 Å². The maximum atomic E-state index is 12.6. The highest BCUT2D eigenvalue weighted by Gasteiger charge is 2.19. The minimum atomic E-state index is -3.86. The first-order valence-electron chi connectivity index (χ1n) is 8.40. The second-order valence-corrected chi connectivity index (χ2v) is 8.23. The number of carbonyl (C=O) groups is 2. The number of hydrazine groups is 1. The fourth-order valence-electron chi connectivity index (χ4n) is 2.18. The van der Waals surface area contributed by atoms with Gasteiger partial charge in [-0.15, -0.1) is 0 Å². The molecule has 2 aromatic rings. The van der Waals surface area contributed by atoms with Crippen LogP contribution in [0.5, 0.6) is 0 Å². The molecule has 27 heavy (non-hydrogen) atoms. The van der Waals surface area contributed by atoms with Crippen molar-refractivity contribution in [3.05, 3.63) is 59.2 Å². The van der Waals surface area contributed by atoms with E-state index in [4.69, 9.17) is 0 Å².